The average Bonchev–Trinajstić information content (AvgIpc) is 2.55. The summed E-state index contributed by atoms with van der Waals surface area (Å²) in [6.07, 6.45) is 0.749. The first kappa shape index (κ1) is 10.8. The largest absolute Gasteiger partial charge is 0.373 e. The first-order valence-electron chi connectivity index (χ1n) is 5.17. The van der Waals surface area contributed by atoms with Gasteiger partial charge in [0.05, 0.1) is 0 Å². The maximum atomic E-state index is 11.4. The molecule has 4 heteroatoms. The van der Waals surface area contributed by atoms with E-state index in [0.29, 0.717) is 12.8 Å². The number of nitrogens with zero attached hydrogens (tertiary/aromatic N) is 1. The number of benzene rings is 1. The summed E-state index contributed by atoms with van der Waals surface area (Å²) >= 11 is 0. The van der Waals surface area contributed by atoms with E-state index in [-0.39, 0.29) is 5.91 Å². The molecule has 0 bridgehead atoms. The molecule has 0 radical (unpaired) electrons. The van der Waals surface area contributed by atoms with Gasteiger partial charge in [0.15, 0.2) is 0 Å². The van der Waals surface area contributed by atoms with Crippen molar-refractivity contribution >= 4 is 17.9 Å². The van der Waals surface area contributed by atoms with Crippen LogP contribution in [0.5, 0.6) is 0 Å². The summed E-state index contributed by atoms with van der Waals surface area (Å²) < 4.78 is 0. The fourth-order valence-corrected chi connectivity index (χ4v) is 2.18. The lowest BCUT2D eigenvalue weighted by Gasteiger charge is -2.19. The molecule has 1 amide bonds. The van der Waals surface area contributed by atoms with Crippen LogP contribution in [0.1, 0.15) is 18.1 Å². The fraction of sp³-hybridized carbons (Fsp3) is 0.333. The molecule has 84 valence electrons. The molecule has 4 nitrogen and oxygen atoms in total. The predicted molar refractivity (Wildman–Crippen MR) is 59.1 cm³/mol. The van der Waals surface area contributed by atoms with Gasteiger partial charge >= 0.3 is 0 Å². The van der Waals surface area contributed by atoms with Crippen molar-refractivity contribution in [3.63, 3.8) is 0 Å². The summed E-state index contributed by atoms with van der Waals surface area (Å²) in [6, 6.07) is 5.44. The molecular formula is C12H13NO3. The fourth-order valence-electron chi connectivity index (χ4n) is 2.18. The minimum atomic E-state index is -0.805. The Morgan fingerprint density at radius 3 is 3.00 bits per heavy atom. The topological polar surface area (TPSA) is 57.6 Å². The Morgan fingerprint density at radius 2 is 2.38 bits per heavy atom. The molecule has 0 aromatic heterocycles. The molecule has 16 heavy (non-hydrogen) atoms. The summed E-state index contributed by atoms with van der Waals surface area (Å²) in [5, 5.41) is 9.79. The highest BCUT2D eigenvalue weighted by Crippen LogP contribution is 2.33. The van der Waals surface area contributed by atoms with E-state index in [1.807, 2.05) is 6.07 Å². The first-order valence-corrected chi connectivity index (χ1v) is 5.17. The maximum absolute atomic E-state index is 11.4. The highest BCUT2D eigenvalue weighted by Gasteiger charge is 2.31. The third-order valence-electron chi connectivity index (χ3n) is 2.84. The Kier molecular flexibility index (Phi) is 2.75. The SMILES string of the molecule is CC(=O)N1c2cccc(CC=O)c2CC1O. The first-order chi connectivity index (χ1) is 7.65. The maximum Gasteiger partial charge on any atom is 0.225 e. The lowest BCUT2D eigenvalue weighted by molar-refractivity contribution is -0.118. The smallest absolute Gasteiger partial charge is 0.225 e. The number of anilines is 1. The second-order valence-electron chi connectivity index (χ2n) is 3.86. The molecule has 1 aliphatic rings. The number of amides is 1. The molecule has 0 fully saturated rings. The van der Waals surface area contributed by atoms with Crippen LogP contribution in [0.3, 0.4) is 0 Å². The molecule has 1 aliphatic heterocycles. The minimum absolute atomic E-state index is 0.186. The molecule has 2 rings (SSSR count). The van der Waals surface area contributed by atoms with Crippen LogP contribution in [0.15, 0.2) is 18.2 Å². The molecule has 1 heterocycles. The van der Waals surface area contributed by atoms with Gasteiger partial charge in [0.1, 0.15) is 12.5 Å². The van der Waals surface area contributed by atoms with E-state index >= 15 is 0 Å². The molecule has 0 spiro atoms. The predicted octanol–water partition coefficient (Wildman–Crippen LogP) is 0.655. The Balaban J connectivity index is 2.48. The van der Waals surface area contributed by atoms with Crippen LogP contribution < -0.4 is 4.90 Å². The third kappa shape index (κ3) is 1.61. The Morgan fingerprint density at radius 1 is 1.62 bits per heavy atom. The van der Waals surface area contributed by atoms with Crippen LogP contribution in [0, 0.1) is 0 Å². The number of rotatable bonds is 2. The van der Waals surface area contributed by atoms with Gasteiger partial charge in [-0.05, 0) is 17.2 Å². The average molecular weight is 219 g/mol. The summed E-state index contributed by atoms with van der Waals surface area (Å²) in [4.78, 5) is 23.3. The van der Waals surface area contributed by atoms with Gasteiger partial charge < -0.3 is 9.90 Å². The Labute approximate surface area is 93.5 Å². The highest BCUT2D eigenvalue weighted by atomic mass is 16.3. The number of carbonyl (C=O) groups excluding carboxylic acids is 2. The van der Waals surface area contributed by atoms with Gasteiger partial charge in [0.25, 0.3) is 0 Å². The van der Waals surface area contributed by atoms with Crippen molar-refractivity contribution in [1.82, 2.24) is 0 Å². The van der Waals surface area contributed by atoms with E-state index in [1.54, 1.807) is 12.1 Å². The zero-order valence-corrected chi connectivity index (χ0v) is 9.01. The van der Waals surface area contributed by atoms with Gasteiger partial charge in [-0.2, -0.15) is 0 Å². The van der Waals surface area contributed by atoms with Crippen LogP contribution >= 0.6 is 0 Å². The number of hydrogen-bond donors (Lipinski definition) is 1. The van der Waals surface area contributed by atoms with E-state index in [2.05, 4.69) is 0 Å². The molecule has 0 aliphatic carbocycles. The van der Waals surface area contributed by atoms with Crippen LogP contribution in [-0.2, 0) is 22.4 Å². The molecule has 1 atom stereocenters. The second-order valence-corrected chi connectivity index (χ2v) is 3.86. The standard InChI is InChI=1S/C12H13NO3/c1-8(15)13-11-4-2-3-9(5-6-14)10(11)7-12(13)16/h2-4,6,12,16H,5,7H2,1H3. The molecule has 1 unspecified atom stereocenters. The van der Waals surface area contributed by atoms with Gasteiger partial charge in [0.2, 0.25) is 5.91 Å². The quantitative estimate of drug-likeness (QED) is 0.743. The lowest BCUT2D eigenvalue weighted by Crippen LogP contribution is -2.35. The van der Waals surface area contributed by atoms with Crippen LogP contribution in [0.4, 0.5) is 5.69 Å². The van der Waals surface area contributed by atoms with E-state index in [1.165, 1.54) is 11.8 Å². The van der Waals surface area contributed by atoms with Crippen molar-refractivity contribution in [2.24, 2.45) is 0 Å². The molecule has 0 saturated carbocycles. The van der Waals surface area contributed by atoms with Crippen molar-refractivity contribution in [2.75, 3.05) is 4.90 Å². The molecular weight excluding hydrogens is 206 g/mol. The Bertz CT molecular complexity index is 442. The molecule has 1 aromatic carbocycles. The number of aliphatic hydroxyl groups excluding tert-OH is 1. The molecule has 1 aromatic rings. The number of aliphatic hydroxyl groups is 1. The summed E-state index contributed by atoms with van der Waals surface area (Å²) in [5.41, 5.74) is 2.51. The molecule has 0 saturated heterocycles. The summed E-state index contributed by atoms with van der Waals surface area (Å²) in [6.45, 7) is 1.42. The van der Waals surface area contributed by atoms with Crippen LogP contribution in [-0.4, -0.2) is 23.5 Å². The number of fused-ring (bicyclic) bond motifs is 1. The van der Waals surface area contributed by atoms with E-state index < -0.39 is 6.23 Å². The van der Waals surface area contributed by atoms with Crippen LogP contribution in [0.2, 0.25) is 0 Å². The van der Waals surface area contributed by atoms with Crippen molar-refractivity contribution in [1.29, 1.82) is 0 Å². The monoisotopic (exact) mass is 219 g/mol. The summed E-state index contributed by atoms with van der Waals surface area (Å²) in [5.74, 6) is -0.186. The normalized spacial score (nSPS) is 18.4. The van der Waals surface area contributed by atoms with E-state index in [9.17, 15) is 14.7 Å². The summed E-state index contributed by atoms with van der Waals surface area (Å²) in [7, 11) is 0. The van der Waals surface area contributed by atoms with E-state index in [0.717, 1.165) is 23.1 Å². The van der Waals surface area contributed by atoms with Gasteiger partial charge in [-0.25, -0.2) is 0 Å². The van der Waals surface area contributed by atoms with E-state index in [4.69, 9.17) is 0 Å². The molecule has 1 N–H and O–H groups in total. The zero-order chi connectivity index (χ0) is 11.7. The Hall–Kier alpha value is -1.68. The van der Waals surface area contributed by atoms with Crippen molar-refractivity contribution in [2.45, 2.75) is 26.0 Å². The zero-order valence-electron chi connectivity index (χ0n) is 9.01. The van der Waals surface area contributed by atoms with Gasteiger partial charge in [-0.15, -0.1) is 0 Å². The second kappa shape index (κ2) is 4.06. The lowest BCUT2D eigenvalue weighted by atomic mass is 10.0. The number of hydrogen-bond acceptors (Lipinski definition) is 3. The van der Waals surface area contributed by atoms with Crippen LogP contribution in [0.25, 0.3) is 0 Å². The van der Waals surface area contributed by atoms with Crippen molar-refractivity contribution in [3.8, 4) is 0 Å². The number of aldehydes is 1. The minimum Gasteiger partial charge on any atom is -0.373 e. The van der Waals surface area contributed by atoms with Gasteiger partial charge in [-0.1, -0.05) is 12.1 Å². The van der Waals surface area contributed by atoms with Gasteiger partial charge in [0, 0.05) is 25.5 Å². The third-order valence-corrected chi connectivity index (χ3v) is 2.84. The highest BCUT2D eigenvalue weighted by molar-refractivity contribution is 5.94. The van der Waals surface area contributed by atoms with Gasteiger partial charge in [-0.3, -0.25) is 9.69 Å². The van der Waals surface area contributed by atoms with Crippen molar-refractivity contribution in [3.05, 3.63) is 29.3 Å². The van der Waals surface area contributed by atoms with Crippen molar-refractivity contribution < 1.29 is 14.7 Å². The number of carbonyl (C=O) groups is 2.